The van der Waals surface area contributed by atoms with Crippen molar-refractivity contribution >= 4 is 43.1 Å². The van der Waals surface area contributed by atoms with Gasteiger partial charge in [0.15, 0.2) is 0 Å². The minimum atomic E-state index is 1.19. The summed E-state index contributed by atoms with van der Waals surface area (Å²) in [5, 5.41) is 10.7. The molecule has 0 N–H and O–H groups in total. The Hall–Kier alpha value is -2.86. The van der Waals surface area contributed by atoms with Crippen molar-refractivity contribution in [3.63, 3.8) is 0 Å². The smallest absolute Gasteiger partial charge is 0.00987 e. The fourth-order valence-corrected chi connectivity index (χ4v) is 4.35. The lowest BCUT2D eigenvalue weighted by atomic mass is 9.94. The van der Waals surface area contributed by atoms with Gasteiger partial charge in [-0.05, 0) is 73.6 Å². The van der Waals surface area contributed by atoms with Crippen molar-refractivity contribution < 1.29 is 0 Å². The van der Waals surface area contributed by atoms with Crippen LogP contribution in [0.15, 0.2) is 78.9 Å². The van der Waals surface area contributed by atoms with Crippen LogP contribution >= 0.6 is 0 Å². The molecule has 0 unspecified atom stereocenters. The molecule has 27 heavy (non-hydrogen) atoms. The van der Waals surface area contributed by atoms with Gasteiger partial charge < -0.3 is 0 Å². The summed E-state index contributed by atoms with van der Waals surface area (Å²) in [4.78, 5) is 0. The second-order valence-electron chi connectivity index (χ2n) is 7.66. The highest BCUT2D eigenvalue weighted by Gasteiger charge is 2.07. The third-order valence-corrected chi connectivity index (χ3v) is 5.83. The number of aryl methyl sites for hydroxylation is 1. The topological polar surface area (TPSA) is 0 Å². The lowest BCUT2D eigenvalue weighted by Gasteiger charge is -2.10. The number of fused-ring (bicyclic) bond motifs is 6. The van der Waals surface area contributed by atoms with E-state index in [1.807, 2.05) is 0 Å². The molecule has 0 bridgehead atoms. The molecule has 5 rings (SSSR count). The van der Waals surface area contributed by atoms with E-state index in [9.17, 15) is 0 Å². The average Bonchev–Trinajstić information content (AvgIpc) is 2.72. The fourth-order valence-electron chi connectivity index (χ4n) is 4.35. The largest absolute Gasteiger partial charge is 0.0654 e. The molecule has 0 amide bonds. The van der Waals surface area contributed by atoms with Crippen molar-refractivity contribution in [3.05, 3.63) is 84.4 Å². The molecular formula is C27H24. The minimum Gasteiger partial charge on any atom is -0.0654 e. The van der Waals surface area contributed by atoms with E-state index in [1.165, 1.54) is 74.3 Å². The number of hydrogen-bond acceptors (Lipinski definition) is 0. The van der Waals surface area contributed by atoms with Crippen molar-refractivity contribution in [3.8, 4) is 0 Å². The second-order valence-corrected chi connectivity index (χ2v) is 7.66. The van der Waals surface area contributed by atoms with Gasteiger partial charge in [0.1, 0.15) is 0 Å². The molecule has 0 radical (unpaired) electrons. The highest BCUT2D eigenvalue weighted by molar-refractivity contribution is 6.19. The summed E-state index contributed by atoms with van der Waals surface area (Å²) in [6.45, 7) is 2.26. The highest BCUT2D eigenvalue weighted by Crippen LogP contribution is 2.33. The van der Waals surface area contributed by atoms with Crippen LogP contribution in [-0.4, -0.2) is 0 Å². The van der Waals surface area contributed by atoms with Crippen LogP contribution in [0.25, 0.3) is 43.1 Å². The van der Waals surface area contributed by atoms with Gasteiger partial charge in [-0.3, -0.25) is 0 Å². The Morgan fingerprint density at radius 3 is 1.96 bits per heavy atom. The molecule has 0 heteroatoms. The zero-order valence-electron chi connectivity index (χ0n) is 15.8. The van der Waals surface area contributed by atoms with Crippen LogP contribution in [0.4, 0.5) is 0 Å². The molecular weight excluding hydrogens is 324 g/mol. The maximum Gasteiger partial charge on any atom is -0.00987 e. The second kappa shape index (κ2) is 6.70. The molecule has 0 saturated carbocycles. The van der Waals surface area contributed by atoms with Crippen molar-refractivity contribution in [2.24, 2.45) is 0 Å². The van der Waals surface area contributed by atoms with Crippen LogP contribution in [0.5, 0.6) is 0 Å². The van der Waals surface area contributed by atoms with E-state index in [-0.39, 0.29) is 0 Å². The summed E-state index contributed by atoms with van der Waals surface area (Å²) >= 11 is 0. The predicted molar refractivity (Wildman–Crippen MR) is 120 cm³/mol. The Labute approximate surface area is 160 Å². The standard InChI is InChI=1S/C27H24/c1-2-3-4-7-19-10-13-24-22(16-19)11-15-26-25(24)14-12-23-17-20-8-5-6-9-21(20)18-27(23)26/h5-6,8-18H,2-4,7H2,1H3. The van der Waals surface area contributed by atoms with E-state index < -0.39 is 0 Å². The van der Waals surface area contributed by atoms with Gasteiger partial charge in [-0.25, -0.2) is 0 Å². The zero-order chi connectivity index (χ0) is 18.2. The molecule has 0 aliphatic rings. The summed E-state index contributed by atoms with van der Waals surface area (Å²) < 4.78 is 0. The summed E-state index contributed by atoms with van der Waals surface area (Å²) in [6, 6.07) is 29.5. The quantitative estimate of drug-likeness (QED) is 0.175. The Morgan fingerprint density at radius 2 is 1.19 bits per heavy atom. The van der Waals surface area contributed by atoms with Gasteiger partial charge in [-0.1, -0.05) is 86.5 Å². The maximum atomic E-state index is 2.38. The van der Waals surface area contributed by atoms with Crippen LogP contribution in [0, 0.1) is 0 Å². The first-order valence-corrected chi connectivity index (χ1v) is 10.1. The average molecular weight is 348 g/mol. The third-order valence-electron chi connectivity index (χ3n) is 5.83. The Balaban J connectivity index is 1.70. The Bertz CT molecular complexity index is 1280. The summed E-state index contributed by atoms with van der Waals surface area (Å²) in [7, 11) is 0. The summed E-state index contributed by atoms with van der Waals surface area (Å²) in [5.41, 5.74) is 1.46. The number of benzene rings is 5. The molecule has 0 fully saturated rings. The van der Waals surface area contributed by atoms with Crippen LogP contribution in [0.2, 0.25) is 0 Å². The number of hydrogen-bond donors (Lipinski definition) is 0. The van der Waals surface area contributed by atoms with E-state index in [1.54, 1.807) is 0 Å². The van der Waals surface area contributed by atoms with Gasteiger partial charge in [-0.15, -0.1) is 0 Å². The molecule has 0 aliphatic carbocycles. The number of rotatable bonds is 4. The fraction of sp³-hybridized carbons (Fsp3) is 0.185. The van der Waals surface area contributed by atoms with E-state index in [0.717, 1.165) is 0 Å². The molecule has 0 spiro atoms. The minimum absolute atomic E-state index is 1.19. The first-order chi connectivity index (χ1) is 13.3. The van der Waals surface area contributed by atoms with Gasteiger partial charge in [0, 0.05) is 0 Å². The van der Waals surface area contributed by atoms with E-state index in [4.69, 9.17) is 0 Å². The van der Waals surface area contributed by atoms with E-state index in [0.29, 0.717) is 0 Å². The summed E-state index contributed by atoms with van der Waals surface area (Å²) in [5.74, 6) is 0. The van der Waals surface area contributed by atoms with Crippen molar-refractivity contribution in [2.75, 3.05) is 0 Å². The molecule has 0 saturated heterocycles. The molecule has 132 valence electrons. The molecule has 0 atom stereocenters. The molecule has 0 nitrogen and oxygen atoms in total. The highest BCUT2D eigenvalue weighted by atomic mass is 14.1. The number of unbranched alkanes of at least 4 members (excludes halogenated alkanes) is 2. The van der Waals surface area contributed by atoms with Crippen LogP contribution in [-0.2, 0) is 6.42 Å². The zero-order valence-corrected chi connectivity index (χ0v) is 15.8. The normalized spacial score (nSPS) is 11.7. The SMILES string of the molecule is CCCCCc1ccc2c(ccc3c4cc5ccccc5cc4ccc23)c1. The molecule has 5 aromatic carbocycles. The van der Waals surface area contributed by atoms with Gasteiger partial charge >= 0.3 is 0 Å². The van der Waals surface area contributed by atoms with Gasteiger partial charge in [0.2, 0.25) is 0 Å². The van der Waals surface area contributed by atoms with Crippen molar-refractivity contribution in [2.45, 2.75) is 32.6 Å². The van der Waals surface area contributed by atoms with Crippen LogP contribution in [0.1, 0.15) is 31.7 Å². The molecule has 0 aromatic heterocycles. The van der Waals surface area contributed by atoms with Crippen LogP contribution < -0.4 is 0 Å². The van der Waals surface area contributed by atoms with Gasteiger partial charge in [-0.2, -0.15) is 0 Å². The maximum absolute atomic E-state index is 2.38. The molecule has 0 aliphatic heterocycles. The van der Waals surface area contributed by atoms with E-state index >= 15 is 0 Å². The van der Waals surface area contributed by atoms with E-state index in [2.05, 4.69) is 85.8 Å². The lowest BCUT2D eigenvalue weighted by Crippen LogP contribution is -1.87. The third kappa shape index (κ3) is 2.86. The molecule has 5 aromatic rings. The summed E-state index contributed by atoms with van der Waals surface area (Å²) in [6.07, 6.45) is 5.06. The molecule has 0 heterocycles. The monoisotopic (exact) mass is 348 g/mol. The van der Waals surface area contributed by atoms with Crippen LogP contribution in [0.3, 0.4) is 0 Å². The predicted octanol–water partition coefficient (Wildman–Crippen LogP) is 8.03. The Kier molecular flexibility index (Phi) is 4.05. The van der Waals surface area contributed by atoms with Gasteiger partial charge in [0.25, 0.3) is 0 Å². The lowest BCUT2D eigenvalue weighted by molar-refractivity contribution is 0.718. The first-order valence-electron chi connectivity index (χ1n) is 10.1. The first kappa shape index (κ1) is 16.3. The Morgan fingerprint density at radius 1 is 0.519 bits per heavy atom. The van der Waals surface area contributed by atoms with Gasteiger partial charge in [0.05, 0.1) is 0 Å². The van der Waals surface area contributed by atoms with Crippen molar-refractivity contribution in [1.82, 2.24) is 0 Å². The van der Waals surface area contributed by atoms with Crippen molar-refractivity contribution in [1.29, 1.82) is 0 Å².